The summed E-state index contributed by atoms with van der Waals surface area (Å²) < 4.78 is 56.9. The molecule has 3 aromatic rings. The van der Waals surface area contributed by atoms with Gasteiger partial charge in [-0.3, -0.25) is 4.79 Å². The Balaban J connectivity index is 1.75. The molecule has 1 atom stereocenters. The van der Waals surface area contributed by atoms with Crippen LogP contribution < -0.4 is 10.5 Å². The smallest absolute Gasteiger partial charge is 0.391 e. The van der Waals surface area contributed by atoms with Crippen molar-refractivity contribution in [2.75, 3.05) is 18.0 Å². The number of aromatic nitrogens is 2. The van der Waals surface area contributed by atoms with Gasteiger partial charge in [-0.1, -0.05) is 17.7 Å². The van der Waals surface area contributed by atoms with Crippen LogP contribution >= 0.6 is 11.6 Å². The number of aliphatic hydroxyl groups is 1. The molecule has 2 aromatic carbocycles. The lowest BCUT2D eigenvalue weighted by molar-refractivity contribution is -0.137. The molecule has 0 amide bonds. The topological polar surface area (TPSA) is 58.4 Å². The maximum absolute atomic E-state index is 14.2. The lowest BCUT2D eigenvalue weighted by atomic mass is 10.0. The molecular formula is C24H20ClF4N3O2. The minimum absolute atomic E-state index is 0.0893. The fourth-order valence-electron chi connectivity index (χ4n) is 4.72. The average Bonchev–Trinajstić information content (AvgIpc) is 3.45. The van der Waals surface area contributed by atoms with Crippen molar-refractivity contribution in [3.8, 4) is 16.9 Å². The van der Waals surface area contributed by atoms with Crippen LogP contribution in [0.3, 0.4) is 0 Å². The van der Waals surface area contributed by atoms with E-state index in [0.717, 1.165) is 10.7 Å². The third-order valence-corrected chi connectivity index (χ3v) is 6.70. The van der Waals surface area contributed by atoms with Crippen molar-refractivity contribution in [3.05, 3.63) is 74.3 Å². The number of hydrogen-bond acceptors (Lipinski definition) is 4. The zero-order chi connectivity index (χ0) is 24.2. The first-order chi connectivity index (χ1) is 16.1. The van der Waals surface area contributed by atoms with Crippen LogP contribution in [0.4, 0.5) is 23.2 Å². The third-order valence-electron chi connectivity index (χ3n) is 6.39. The molecule has 1 N–H and O–H groups in total. The van der Waals surface area contributed by atoms with Crippen LogP contribution in [0.1, 0.15) is 29.5 Å². The first-order valence-corrected chi connectivity index (χ1v) is 11.3. The summed E-state index contributed by atoms with van der Waals surface area (Å²) in [5, 5.41) is 14.1. The largest absolute Gasteiger partial charge is 0.418 e. The lowest BCUT2D eigenvalue weighted by Crippen LogP contribution is -2.29. The molecule has 2 heterocycles. The number of β-amino-alcohol motifs (C(OH)–C–C–N with tert-alkyl or cyclic N) is 1. The van der Waals surface area contributed by atoms with Gasteiger partial charge in [0.25, 0.3) is 5.56 Å². The molecule has 1 saturated heterocycles. The Labute approximate surface area is 197 Å². The maximum atomic E-state index is 14.2. The van der Waals surface area contributed by atoms with Crippen molar-refractivity contribution >= 4 is 17.3 Å². The summed E-state index contributed by atoms with van der Waals surface area (Å²) in [5.74, 6) is -0.684. The Kier molecular flexibility index (Phi) is 5.64. The van der Waals surface area contributed by atoms with Crippen molar-refractivity contribution in [3.63, 3.8) is 0 Å². The monoisotopic (exact) mass is 493 g/mol. The normalized spacial score (nSPS) is 17.9. The standard InChI is InChI=1S/C24H20ClF4N3O2/c25-19-7-4-13(10-20(19)26)22-16-2-1-3-17(16)23(34)32(30-22)21-11-14(31-9-8-15(33)12-31)5-6-18(21)24(27,28)29/h4-7,10-11,15,33H,1-3,8-9,12H2/t15-/m0/s1. The van der Waals surface area contributed by atoms with Gasteiger partial charge in [-0.25, -0.2) is 4.39 Å². The van der Waals surface area contributed by atoms with Crippen molar-refractivity contribution in [1.29, 1.82) is 0 Å². The summed E-state index contributed by atoms with van der Waals surface area (Å²) >= 11 is 5.80. The summed E-state index contributed by atoms with van der Waals surface area (Å²) in [4.78, 5) is 15.1. The lowest BCUT2D eigenvalue weighted by Gasteiger charge is -2.22. The summed E-state index contributed by atoms with van der Waals surface area (Å²) in [6.45, 7) is 0.764. The highest BCUT2D eigenvalue weighted by Gasteiger charge is 2.36. The Bertz CT molecular complexity index is 1340. The summed E-state index contributed by atoms with van der Waals surface area (Å²) in [6.07, 6.45) is -3.23. The molecular weight excluding hydrogens is 474 g/mol. The van der Waals surface area contributed by atoms with Crippen molar-refractivity contribution < 1.29 is 22.7 Å². The number of halogens is 5. The second kappa shape index (κ2) is 8.39. The number of nitrogens with zero attached hydrogens (tertiary/aromatic N) is 3. The molecule has 34 heavy (non-hydrogen) atoms. The van der Waals surface area contributed by atoms with E-state index in [2.05, 4.69) is 5.10 Å². The summed E-state index contributed by atoms with van der Waals surface area (Å²) in [7, 11) is 0. The molecule has 5 rings (SSSR count). The maximum Gasteiger partial charge on any atom is 0.418 e. The van der Waals surface area contributed by atoms with Crippen molar-refractivity contribution in [2.24, 2.45) is 0 Å². The molecule has 0 radical (unpaired) electrons. The van der Waals surface area contributed by atoms with Crippen molar-refractivity contribution in [2.45, 2.75) is 38.0 Å². The fraction of sp³-hybridized carbons (Fsp3) is 0.333. The van der Waals surface area contributed by atoms with Crippen LogP contribution in [-0.2, 0) is 19.0 Å². The van der Waals surface area contributed by atoms with Crippen molar-refractivity contribution in [1.82, 2.24) is 9.78 Å². The molecule has 178 valence electrons. The van der Waals surface area contributed by atoms with Gasteiger partial charge in [-0.05, 0) is 61.6 Å². The second-order valence-corrected chi connectivity index (χ2v) is 9.00. The Hall–Kier alpha value is -2.91. The summed E-state index contributed by atoms with van der Waals surface area (Å²) in [6, 6.07) is 7.60. The van der Waals surface area contributed by atoms with E-state index in [0.29, 0.717) is 54.6 Å². The predicted octanol–water partition coefficient (Wildman–Crippen LogP) is 4.77. The first kappa shape index (κ1) is 22.9. The van der Waals surface area contributed by atoms with E-state index in [1.807, 2.05) is 0 Å². The number of rotatable bonds is 3. The van der Waals surface area contributed by atoms with Gasteiger partial charge < -0.3 is 10.0 Å². The van der Waals surface area contributed by atoms with Crippen LogP contribution in [0.2, 0.25) is 5.02 Å². The molecule has 10 heteroatoms. The zero-order valence-electron chi connectivity index (χ0n) is 17.9. The zero-order valence-corrected chi connectivity index (χ0v) is 18.6. The number of anilines is 1. The van der Waals surface area contributed by atoms with Gasteiger partial charge in [-0.2, -0.15) is 23.0 Å². The minimum Gasteiger partial charge on any atom is -0.391 e. The van der Waals surface area contributed by atoms with Gasteiger partial charge >= 0.3 is 6.18 Å². The SMILES string of the molecule is O=c1c2c(c(-c3ccc(Cl)c(F)c3)nn1-c1cc(N3CC[C@H](O)C3)ccc1C(F)(F)F)CCC2. The summed E-state index contributed by atoms with van der Waals surface area (Å²) in [5.41, 5.74) is 0.0333. The van der Waals surface area contributed by atoms with E-state index in [4.69, 9.17) is 11.6 Å². The highest BCUT2D eigenvalue weighted by Crippen LogP contribution is 2.37. The number of aliphatic hydroxyl groups excluding tert-OH is 1. The van der Waals surface area contributed by atoms with Gasteiger partial charge in [0, 0.05) is 29.9 Å². The second-order valence-electron chi connectivity index (χ2n) is 8.59. The van der Waals surface area contributed by atoms with E-state index < -0.39 is 34.9 Å². The number of alkyl halides is 3. The molecule has 1 aliphatic carbocycles. The van der Waals surface area contributed by atoms with Crippen LogP contribution in [0.25, 0.3) is 16.9 Å². The first-order valence-electron chi connectivity index (χ1n) is 10.9. The van der Waals surface area contributed by atoms with E-state index in [-0.39, 0.29) is 17.3 Å². The van der Waals surface area contributed by atoms with E-state index >= 15 is 0 Å². The van der Waals surface area contributed by atoms with Gasteiger partial charge in [0.2, 0.25) is 0 Å². The van der Waals surface area contributed by atoms with Crippen LogP contribution in [0, 0.1) is 5.82 Å². The molecule has 1 aliphatic heterocycles. The number of benzene rings is 2. The van der Waals surface area contributed by atoms with Gasteiger partial charge in [0.15, 0.2) is 0 Å². The average molecular weight is 494 g/mol. The molecule has 1 aromatic heterocycles. The fourth-order valence-corrected chi connectivity index (χ4v) is 4.84. The van der Waals surface area contributed by atoms with Gasteiger partial charge in [0.1, 0.15) is 5.82 Å². The minimum atomic E-state index is -4.73. The Morgan fingerprint density at radius 3 is 2.53 bits per heavy atom. The van der Waals surface area contributed by atoms with Crippen LogP contribution in [0.15, 0.2) is 41.2 Å². The molecule has 5 nitrogen and oxygen atoms in total. The van der Waals surface area contributed by atoms with E-state index in [1.165, 1.54) is 30.3 Å². The molecule has 0 saturated carbocycles. The van der Waals surface area contributed by atoms with Crippen LogP contribution in [-0.4, -0.2) is 34.1 Å². The molecule has 0 bridgehead atoms. The van der Waals surface area contributed by atoms with Gasteiger partial charge in [-0.15, -0.1) is 0 Å². The molecule has 0 unspecified atom stereocenters. The van der Waals surface area contributed by atoms with Crippen LogP contribution in [0.5, 0.6) is 0 Å². The highest BCUT2D eigenvalue weighted by molar-refractivity contribution is 6.30. The molecule has 0 spiro atoms. The van der Waals surface area contributed by atoms with E-state index in [1.54, 1.807) is 4.90 Å². The Morgan fingerprint density at radius 1 is 1.09 bits per heavy atom. The van der Waals surface area contributed by atoms with Gasteiger partial charge in [0.05, 0.1) is 28.1 Å². The molecule has 1 fully saturated rings. The number of hydrogen-bond donors (Lipinski definition) is 1. The quantitative estimate of drug-likeness (QED) is 0.534. The number of fused-ring (bicyclic) bond motifs is 1. The predicted molar refractivity (Wildman–Crippen MR) is 120 cm³/mol. The highest BCUT2D eigenvalue weighted by atomic mass is 35.5. The Morgan fingerprint density at radius 2 is 1.85 bits per heavy atom. The van der Waals surface area contributed by atoms with E-state index in [9.17, 15) is 27.5 Å². The third kappa shape index (κ3) is 3.96. The molecule has 2 aliphatic rings.